The SMILES string of the molecule is C=CN1CCCC(O)C1=N/C(C)=C(\C)CCN1CCC(C2=NCc3cc(F)ccc32)CC1. The van der Waals surface area contributed by atoms with Crippen LogP contribution in [0, 0.1) is 11.7 Å². The maximum atomic E-state index is 13.5. The van der Waals surface area contributed by atoms with Crippen LogP contribution in [0.25, 0.3) is 0 Å². The molecule has 1 aromatic carbocycles. The van der Waals surface area contributed by atoms with Gasteiger partial charge in [0.1, 0.15) is 17.8 Å². The third kappa shape index (κ3) is 5.02. The van der Waals surface area contributed by atoms with Crippen LogP contribution in [-0.2, 0) is 6.54 Å². The van der Waals surface area contributed by atoms with Gasteiger partial charge in [-0.25, -0.2) is 9.38 Å². The highest BCUT2D eigenvalue weighted by Crippen LogP contribution is 2.29. The number of piperidine rings is 2. The van der Waals surface area contributed by atoms with Gasteiger partial charge in [0.2, 0.25) is 0 Å². The van der Waals surface area contributed by atoms with Crippen molar-refractivity contribution in [3.8, 4) is 0 Å². The molecular weight excluding hydrogens is 403 g/mol. The number of aliphatic imine (C=N–C) groups is 2. The molecule has 4 rings (SSSR count). The van der Waals surface area contributed by atoms with Gasteiger partial charge in [0.05, 0.1) is 6.54 Å². The van der Waals surface area contributed by atoms with Crippen molar-refractivity contribution in [2.24, 2.45) is 15.9 Å². The van der Waals surface area contributed by atoms with E-state index >= 15 is 0 Å². The number of rotatable bonds is 6. The lowest BCUT2D eigenvalue weighted by Crippen LogP contribution is -2.41. The van der Waals surface area contributed by atoms with Gasteiger partial charge in [-0.3, -0.25) is 4.99 Å². The zero-order chi connectivity index (χ0) is 22.7. The van der Waals surface area contributed by atoms with Gasteiger partial charge in [-0.2, -0.15) is 0 Å². The number of aliphatic hydroxyl groups excluding tert-OH is 1. The molecular formula is C26H35FN4O. The molecule has 1 N–H and O–H groups in total. The summed E-state index contributed by atoms with van der Waals surface area (Å²) in [4.78, 5) is 14.0. The Hall–Kier alpha value is -2.31. The first-order chi connectivity index (χ1) is 15.5. The molecule has 1 unspecified atom stereocenters. The smallest absolute Gasteiger partial charge is 0.137 e. The molecule has 2 fully saturated rings. The fourth-order valence-corrected chi connectivity index (χ4v) is 4.97. The average molecular weight is 439 g/mol. The summed E-state index contributed by atoms with van der Waals surface area (Å²) >= 11 is 0. The van der Waals surface area contributed by atoms with E-state index in [9.17, 15) is 9.50 Å². The number of fused-ring (bicyclic) bond motifs is 1. The van der Waals surface area contributed by atoms with Gasteiger partial charge in [-0.15, -0.1) is 0 Å². The Kier molecular flexibility index (Phi) is 7.21. The molecule has 0 saturated carbocycles. The second kappa shape index (κ2) is 10.1. The van der Waals surface area contributed by atoms with E-state index < -0.39 is 6.10 Å². The summed E-state index contributed by atoms with van der Waals surface area (Å²) in [5, 5.41) is 10.3. The van der Waals surface area contributed by atoms with Crippen molar-refractivity contribution in [1.29, 1.82) is 0 Å². The van der Waals surface area contributed by atoms with E-state index in [2.05, 4.69) is 18.4 Å². The maximum absolute atomic E-state index is 13.5. The van der Waals surface area contributed by atoms with Crippen LogP contribution >= 0.6 is 0 Å². The van der Waals surface area contributed by atoms with Crippen molar-refractivity contribution >= 4 is 11.5 Å². The van der Waals surface area contributed by atoms with Gasteiger partial charge in [-0.05, 0) is 89.0 Å². The largest absolute Gasteiger partial charge is 0.385 e. The Morgan fingerprint density at radius 1 is 1.25 bits per heavy atom. The van der Waals surface area contributed by atoms with E-state index in [0.717, 1.165) is 80.9 Å². The standard InChI is InChI=1S/C26H35FN4O/c1-4-31-12-5-6-24(32)26(31)29-19(3)18(2)9-13-30-14-10-20(11-15-30)25-23-8-7-22(27)16-21(23)17-28-25/h4,7-8,16,20,24,32H,1,5-6,9-15,17H2,2-3H3/b19-18+,29-26?. The van der Waals surface area contributed by atoms with E-state index in [1.54, 1.807) is 18.3 Å². The molecule has 0 aliphatic carbocycles. The number of allylic oxidation sites excluding steroid dienone is 1. The Labute approximate surface area is 191 Å². The van der Waals surface area contributed by atoms with Crippen LogP contribution in [-0.4, -0.2) is 58.7 Å². The van der Waals surface area contributed by atoms with Crippen molar-refractivity contribution in [2.45, 2.75) is 58.6 Å². The van der Waals surface area contributed by atoms with Crippen LogP contribution < -0.4 is 0 Å². The van der Waals surface area contributed by atoms with Gasteiger partial charge >= 0.3 is 0 Å². The van der Waals surface area contributed by atoms with E-state index in [1.807, 2.05) is 17.9 Å². The number of likely N-dealkylation sites (tertiary alicyclic amines) is 2. The van der Waals surface area contributed by atoms with Crippen molar-refractivity contribution in [2.75, 3.05) is 26.2 Å². The van der Waals surface area contributed by atoms with Crippen molar-refractivity contribution in [3.63, 3.8) is 0 Å². The Balaban J connectivity index is 1.30. The molecule has 3 heterocycles. The first-order valence-electron chi connectivity index (χ1n) is 11.8. The van der Waals surface area contributed by atoms with Crippen LogP contribution in [0.5, 0.6) is 0 Å². The Morgan fingerprint density at radius 2 is 2.03 bits per heavy atom. The molecule has 0 aromatic heterocycles. The van der Waals surface area contributed by atoms with Crippen LogP contribution in [0.15, 0.2) is 52.2 Å². The topological polar surface area (TPSA) is 51.4 Å². The second-order valence-corrected chi connectivity index (χ2v) is 9.24. The van der Waals surface area contributed by atoms with Crippen LogP contribution in [0.3, 0.4) is 0 Å². The summed E-state index contributed by atoms with van der Waals surface area (Å²) in [6, 6.07) is 5.08. The number of hydrogen-bond donors (Lipinski definition) is 1. The molecule has 2 saturated heterocycles. The Bertz CT molecular complexity index is 943. The lowest BCUT2D eigenvalue weighted by Gasteiger charge is -2.32. The summed E-state index contributed by atoms with van der Waals surface area (Å²) in [7, 11) is 0. The van der Waals surface area contributed by atoms with Crippen molar-refractivity contribution in [3.05, 3.63) is 59.2 Å². The minimum Gasteiger partial charge on any atom is -0.385 e. The zero-order valence-electron chi connectivity index (χ0n) is 19.4. The van der Waals surface area contributed by atoms with E-state index in [1.165, 1.54) is 11.3 Å². The predicted octanol–water partition coefficient (Wildman–Crippen LogP) is 4.52. The fraction of sp³-hybridized carbons (Fsp3) is 0.538. The minimum absolute atomic E-state index is 0.172. The van der Waals surface area contributed by atoms with Crippen LogP contribution in [0.2, 0.25) is 0 Å². The van der Waals surface area contributed by atoms with Crippen molar-refractivity contribution in [1.82, 2.24) is 9.80 Å². The molecule has 3 aliphatic rings. The molecule has 0 spiro atoms. The highest BCUT2D eigenvalue weighted by Gasteiger charge is 2.28. The molecule has 0 bridgehead atoms. The highest BCUT2D eigenvalue weighted by molar-refractivity contribution is 6.05. The molecule has 0 radical (unpaired) electrons. The monoisotopic (exact) mass is 438 g/mol. The van der Waals surface area contributed by atoms with Crippen molar-refractivity contribution < 1.29 is 9.50 Å². The lowest BCUT2D eigenvalue weighted by molar-refractivity contribution is 0.192. The summed E-state index contributed by atoms with van der Waals surface area (Å²) in [6.45, 7) is 12.7. The molecule has 1 atom stereocenters. The molecule has 1 aromatic rings. The predicted molar refractivity (Wildman–Crippen MR) is 128 cm³/mol. The molecule has 0 amide bonds. The number of nitrogens with zero attached hydrogens (tertiary/aromatic N) is 4. The number of amidine groups is 1. The number of aliphatic hydroxyl groups is 1. The summed E-state index contributed by atoms with van der Waals surface area (Å²) < 4.78 is 13.5. The number of benzene rings is 1. The van der Waals surface area contributed by atoms with E-state index in [0.29, 0.717) is 12.5 Å². The zero-order valence-corrected chi connectivity index (χ0v) is 19.4. The average Bonchev–Trinajstić information content (AvgIpc) is 3.22. The van der Waals surface area contributed by atoms with Crippen LogP contribution in [0.1, 0.15) is 57.1 Å². The minimum atomic E-state index is -0.511. The van der Waals surface area contributed by atoms with Crippen LogP contribution in [0.4, 0.5) is 4.39 Å². The number of hydrogen-bond acceptors (Lipinski definition) is 4. The van der Waals surface area contributed by atoms with Gasteiger partial charge in [0, 0.05) is 36.0 Å². The van der Waals surface area contributed by atoms with Gasteiger partial charge in [-0.1, -0.05) is 12.2 Å². The molecule has 172 valence electrons. The maximum Gasteiger partial charge on any atom is 0.137 e. The molecule has 5 nitrogen and oxygen atoms in total. The van der Waals surface area contributed by atoms with Gasteiger partial charge < -0.3 is 14.9 Å². The van der Waals surface area contributed by atoms with E-state index in [-0.39, 0.29) is 5.82 Å². The van der Waals surface area contributed by atoms with E-state index in [4.69, 9.17) is 9.98 Å². The Morgan fingerprint density at radius 3 is 2.78 bits per heavy atom. The normalized spacial score (nSPS) is 24.4. The van der Waals surface area contributed by atoms with Gasteiger partial charge in [0.15, 0.2) is 0 Å². The lowest BCUT2D eigenvalue weighted by atomic mass is 9.87. The first kappa shape index (κ1) is 22.9. The summed E-state index contributed by atoms with van der Waals surface area (Å²) in [6.07, 6.45) is 6.13. The quantitative estimate of drug-likeness (QED) is 0.710. The first-order valence-corrected chi connectivity index (χ1v) is 11.8. The third-order valence-electron chi connectivity index (χ3n) is 7.13. The molecule has 6 heteroatoms. The molecule has 3 aliphatic heterocycles. The summed E-state index contributed by atoms with van der Waals surface area (Å²) in [5.41, 5.74) is 5.61. The fourth-order valence-electron chi connectivity index (χ4n) is 4.97. The van der Waals surface area contributed by atoms with Gasteiger partial charge in [0.25, 0.3) is 0 Å². The number of halogens is 1. The highest BCUT2D eigenvalue weighted by atomic mass is 19.1. The molecule has 32 heavy (non-hydrogen) atoms. The third-order valence-corrected chi connectivity index (χ3v) is 7.13. The summed E-state index contributed by atoms with van der Waals surface area (Å²) in [5.74, 6) is 1.02. The second-order valence-electron chi connectivity index (χ2n) is 9.24.